The zero-order valence-corrected chi connectivity index (χ0v) is 11.9. The summed E-state index contributed by atoms with van der Waals surface area (Å²) in [6, 6.07) is 10.6. The van der Waals surface area contributed by atoms with E-state index in [0.29, 0.717) is 13.2 Å². The summed E-state index contributed by atoms with van der Waals surface area (Å²) in [6.07, 6.45) is 2.06. The lowest BCUT2D eigenvalue weighted by Crippen LogP contribution is -2.20. The summed E-state index contributed by atoms with van der Waals surface area (Å²) in [5.41, 5.74) is 2.48. The molecule has 0 radical (unpaired) electrons. The van der Waals surface area contributed by atoms with Gasteiger partial charge in [-0.25, -0.2) is 0 Å². The molecule has 3 rings (SSSR count). The van der Waals surface area contributed by atoms with Gasteiger partial charge in [-0.3, -0.25) is 0 Å². The molecule has 1 aliphatic rings. The van der Waals surface area contributed by atoms with Gasteiger partial charge in [0.2, 0.25) is 0 Å². The molecule has 1 aromatic heterocycles. The number of nitrogens with zero attached hydrogens (tertiary/aromatic N) is 1. The number of ether oxygens (including phenoxy) is 2. The molecule has 0 aliphatic carbocycles. The van der Waals surface area contributed by atoms with Gasteiger partial charge >= 0.3 is 0 Å². The van der Waals surface area contributed by atoms with Gasteiger partial charge in [0.05, 0.1) is 0 Å². The van der Waals surface area contributed by atoms with Crippen LogP contribution in [0.3, 0.4) is 0 Å². The Labute approximate surface area is 119 Å². The molecule has 0 fully saturated rings. The van der Waals surface area contributed by atoms with E-state index in [2.05, 4.69) is 54.3 Å². The van der Waals surface area contributed by atoms with Crippen molar-refractivity contribution in [3.63, 3.8) is 0 Å². The largest absolute Gasteiger partial charge is 0.486 e. The van der Waals surface area contributed by atoms with Crippen LogP contribution in [0.2, 0.25) is 0 Å². The Kier molecular flexibility index (Phi) is 3.65. The minimum absolute atomic E-state index is 0.265. The molecular formula is C16H20N2O2. The van der Waals surface area contributed by atoms with Gasteiger partial charge in [0.1, 0.15) is 13.2 Å². The molecule has 106 valence electrons. The van der Waals surface area contributed by atoms with Crippen LogP contribution in [0.15, 0.2) is 36.5 Å². The van der Waals surface area contributed by atoms with Gasteiger partial charge in [-0.05, 0) is 36.8 Å². The quantitative estimate of drug-likeness (QED) is 0.929. The van der Waals surface area contributed by atoms with E-state index in [-0.39, 0.29) is 6.04 Å². The normalized spacial score (nSPS) is 15.1. The van der Waals surface area contributed by atoms with E-state index in [0.717, 1.165) is 18.0 Å². The minimum atomic E-state index is 0.265. The fourth-order valence-corrected chi connectivity index (χ4v) is 2.38. The lowest BCUT2D eigenvalue weighted by molar-refractivity contribution is 0.171. The maximum atomic E-state index is 5.63. The van der Waals surface area contributed by atoms with Crippen LogP contribution < -0.4 is 14.8 Å². The van der Waals surface area contributed by atoms with E-state index in [4.69, 9.17) is 9.47 Å². The molecule has 20 heavy (non-hydrogen) atoms. The van der Waals surface area contributed by atoms with Crippen molar-refractivity contribution >= 4 is 0 Å². The summed E-state index contributed by atoms with van der Waals surface area (Å²) >= 11 is 0. The Morgan fingerprint density at radius 2 is 2.00 bits per heavy atom. The van der Waals surface area contributed by atoms with Gasteiger partial charge in [0, 0.05) is 31.5 Å². The predicted octanol–water partition coefficient (Wildman–Crippen LogP) is 2.65. The van der Waals surface area contributed by atoms with Crippen molar-refractivity contribution in [3.05, 3.63) is 47.8 Å². The summed E-state index contributed by atoms with van der Waals surface area (Å²) in [5, 5.41) is 3.53. The summed E-state index contributed by atoms with van der Waals surface area (Å²) < 4.78 is 13.3. The number of benzene rings is 1. The number of nitrogens with one attached hydrogen (secondary N) is 1. The number of hydrogen-bond donors (Lipinski definition) is 1. The van der Waals surface area contributed by atoms with E-state index in [1.54, 1.807) is 0 Å². The lowest BCUT2D eigenvalue weighted by Gasteiger charge is -2.21. The highest BCUT2D eigenvalue weighted by Gasteiger charge is 2.14. The van der Waals surface area contributed by atoms with Crippen LogP contribution in [0.25, 0.3) is 0 Å². The molecule has 1 aromatic carbocycles. The van der Waals surface area contributed by atoms with Crippen LogP contribution in [0, 0.1) is 0 Å². The van der Waals surface area contributed by atoms with Crippen molar-refractivity contribution in [2.24, 2.45) is 7.05 Å². The second-order valence-corrected chi connectivity index (χ2v) is 5.12. The smallest absolute Gasteiger partial charge is 0.161 e. The molecule has 1 aliphatic heterocycles. The van der Waals surface area contributed by atoms with Crippen LogP contribution in [0.4, 0.5) is 0 Å². The molecular weight excluding hydrogens is 252 g/mol. The van der Waals surface area contributed by atoms with E-state index in [1.807, 2.05) is 6.07 Å². The van der Waals surface area contributed by atoms with Gasteiger partial charge in [0.25, 0.3) is 0 Å². The van der Waals surface area contributed by atoms with Crippen molar-refractivity contribution in [2.45, 2.75) is 19.5 Å². The molecule has 2 heterocycles. The first-order chi connectivity index (χ1) is 9.74. The summed E-state index contributed by atoms with van der Waals surface area (Å²) in [4.78, 5) is 0. The highest BCUT2D eigenvalue weighted by atomic mass is 16.6. The van der Waals surface area contributed by atoms with E-state index < -0.39 is 0 Å². The third-order valence-corrected chi connectivity index (χ3v) is 3.71. The van der Waals surface area contributed by atoms with Crippen LogP contribution in [-0.2, 0) is 13.6 Å². The molecule has 0 saturated heterocycles. The molecule has 0 spiro atoms. The van der Waals surface area contributed by atoms with E-state index >= 15 is 0 Å². The maximum absolute atomic E-state index is 5.63. The Bertz CT molecular complexity index is 592. The monoisotopic (exact) mass is 272 g/mol. The first kappa shape index (κ1) is 13.1. The zero-order chi connectivity index (χ0) is 13.9. The third-order valence-electron chi connectivity index (χ3n) is 3.71. The number of aryl methyl sites for hydroxylation is 1. The second-order valence-electron chi connectivity index (χ2n) is 5.12. The third kappa shape index (κ3) is 2.65. The fraction of sp³-hybridized carbons (Fsp3) is 0.375. The van der Waals surface area contributed by atoms with Gasteiger partial charge in [-0.15, -0.1) is 0 Å². The fourth-order valence-electron chi connectivity index (χ4n) is 2.38. The highest BCUT2D eigenvalue weighted by molar-refractivity contribution is 5.44. The van der Waals surface area contributed by atoms with Crippen molar-refractivity contribution < 1.29 is 9.47 Å². The molecule has 0 unspecified atom stereocenters. The number of rotatable bonds is 4. The van der Waals surface area contributed by atoms with Crippen LogP contribution in [0.5, 0.6) is 11.5 Å². The maximum Gasteiger partial charge on any atom is 0.161 e. The van der Waals surface area contributed by atoms with Crippen LogP contribution >= 0.6 is 0 Å². The highest BCUT2D eigenvalue weighted by Crippen LogP contribution is 2.32. The Morgan fingerprint density at radius 3 is 2.75 bits per heavy atom. The first-order valence-electron chi connectivity index (χ1n) is 6.97. The van der Waals surface area contributed by atoms with Gasteiger partial charge in [-0.1, -0.05) is 6.07 Å². The SMILES string of the molecule is C[C@H](NCc1cccn1C)c1ccc2c(c1)OCCO2. The lowest BCUT2D eigenvalue weighted by atomic mass is 10.1. The molecule has 4 heteroatoms. The average molecular weight is 272 g/mol. The predicted molar refractivity (Wildman–Crippen MR) is 78.1 cm³/mol. The van der Waals surface area contributed by atoms with Crippen molar-refractivity contribution in [2.75, 3.05) is 13.2 Å². The standard InChI is InChI=1S/C16H20N2O2/c1-12(17-11-14-4-3-7-18(14)2)13-5-6-15-16(10-13)20-9-8-19-15/h3-7,10,12,17H,8-9,11H2,1-2H3/t12-/m0/s1. The summed E-state index contributed by atoms with van der Waals surface area (Å²) in [7, 11) is 2.06. The molecule has 1 atom stereocenters. The number of fused-ring (bicyclic) bond motifs is 1. The van der Waals surface area contributed by atoms with Crippen molar-refractivity contribution in [1.29, 1.82) is 0 Å². The molecule has 0 amide bonds. The Balaban J connectivity index is 1.67. The number of hydrogen-bond acceptors (Lipinski definition) is 3. The topological polar surface area (TPSA) is 35.4 Å². The zero-order valence-electron chi connectivity index (χ0n) is 11.9. The number of aromatic nitrogens is 1. The van der Waals surface area contributed by atoms with E-state index in [9.17, 15) is 0 Å². The molecule has 0 bridgehead atoms. The Morgan fingerprint density at radius 1 is 1.20 bits per heavy atom. The molecule has 4 nitrogen and oxygen atoms in total. The molecule has 2 aromatic rings. The van der Waals surface area contributed by atoms with E-state index in [1.165, 1.54) is 11.3 Å². The van der Waals surface area contributed by atoms with Gasteiger partial charge in [0.15, 0.2) is 11.5 Å². The van der Waals surface area contributed by atoms with Crippen LogP contribution in [-0.4, -0.2) is 17.8 Å². The molecule has 0 saturated carbocycles. The molecule has 1 N–H and O–H groups in total. The summed E-state index contributed by atoms with van der Waals surface area (Å²) in [6.45, 7) is 4.27. The van der Waals surface area contributed by atoms with Crippen LogP contribution in [0.1, 0.15) is 24.2 Å². The van der Waals surface area contributed by atoms with Gasteiger partial charge in [-0.2, -0.15) is 0 Å². The van der Waals surface area contributed by atoms with Crippen molar-refractivity contribution in [1.82, 2.24) is 9.88 Å². The minimum Gasteiger partial charge on any atom is -0.486 e. The summed E-state index contributed by atoms with van der Waals surface area (Å²) in [5.74, 6) is 1.69. The van der Waals surface area contributed by atoms with Gasteiger partial charge < -0.3 is 19.4 Å². The second kappa shape index (κ2) is 5.59. The average Bonchev–Trinajstić information content (AvgIpc) is 2.89. The van der Waals surface area contributed by atoms with Crippen molar-refractivity contribution in [3.8, 4) is 11.5 Å². The first-order valence-corrected chi connectivity index (χ1v) is 6.97. The Hall–Kier alpha value is -1.94.